The Morgan fingerprint density at radius 1 is 1.06 bits per heavy atom. The van der Waals surface area contributed by atoms with E-state index in [0.29, 0.717) is 0 Å². The Kier molecular flexibility index (Phi) is 2.89. The van der Waals surface area contributed by atoms with Crippen molar-refractivity contribution in [1.82, 2.24) is 4.72 Å². The summed E-state index contributed by atoms with van der Waals surface area (Å²) >= 11 is 0. The minimum absolute atomic E-state index is 0.0415. The van der Waals surface area contributed by atoms with Gasteiger partial charge in [-0.15, -0.1) is 0 Å². The van der Waals surface area contributed by atoms with Gasteiger partial charge in [-0.05, 0) is 16.3 Å². The number of hydrogen-bond donors (Lipinski definition) is 1. The zero-order valence-corrected chi connectivity index (χ0v) is 9.17. The molecule has 2 aromatic carbocycles. The molecule has 2 aromatic rings. The van der Waals surface area contributed by atoms with Crippen LogP contribution in [0.15, 0.2) is 42.5 Å². The number of hydrogen-bond acceptors (Lipinski definition) is 2. The van der Waals surface area contributed by atoms with Gasteiger partial charge in [0.25, 0.3) is 0 Å². The molecule has 0 atom stereocenters. The second kappa shape index (κ2) is 4.19. The highest BCUT2D eigenvalue weighted by molar-refractivity contribution is 7.84. The molecular formula is C11H10FNO2S. The van der Waals surface area contributed by atoms with Crippen LogP contribution in [0.5, 0.6) is 0 Å². The second-order valence-electron chi connectivity index (χ2n) is 3.40. The van der Waals surface area contributed by atoms with E-state index in [1.807, 2.05) is 41.1 Å². The molecule has 0 spiro atoms. The first-order valence-electron chi connectivity index (χ1n) is 4.72. The number of halogens is 1. The summed E-state index contributed by atoms with van der Waals surface area (Å²) in [5, 5.41) is 1.92. The first-order chi connectivity index (χ1) is 7.56. The first-order valence-corrected chi connectivity index (χ1v) is 6.10. The van der Waals surface area contributed by atoms with Crippen molar-refractivity contribution in [2.75, 3.05) is 0 Å². The van der Waals surface area contributed by atoms with E-state index in [2.05, 4.69) is 0 Å². The summed E-state index contributed by atoms with van der Waals surface area (Å²) in [6.07, 6.45) is 0. The number of fused-ring (bicyclic) bond motifs is 1. The lowest BCUT2D eigenvalue weighted by molar-refractivity contribution is 0.535. The third-order valence-electron chi connectivity index (χ3n) is 2.31. The molecule has 0 radical (unpaired) electrons. The van der Waals surface area contributed by atoms with Gasteiger partial charge >= 0.3 is 10.4 Å². The highest BCUT2D eigenvalue weighted by Gasteiger charge is 2.07. The molecule has 2 rings (SSSR count). The van der Waals surface area contributed by atoms with Gasteiger partial charge in [-0.25, -0.2) is 0 Å². The van der Waals surface area contributed by atoms with Crippen LogP contribution in [0.25, 0.3) is 10.8 Å². The Bertz CT molecular complexity index is 605. The predicted molar refractivity (Wildman–Crippen MR) is 60.8 cm³/mol. The highest BCUT2D eigenvalue weighted by Crippen LogP contribution is 2.18. The first kappa shape index (κ1) is 11.0. The van der Waals surface area contributed by atoms with Gasteiger partial charge in [0.1, 0.15) is 0 Å². The minimum Gasteiger partial charge on any atom is -0.184 e. The summed E-state index contributed by atoms with van der Waals surface area (Å²) in [6, 6.07) is 13.0. The Balaban J connectivity index is 2.38. The number of rotatable bonds is 3. The summed E-state index contributed by atoms with van der Waals surface area (Å²) < 4.78 is 34.9. The van der Waals surface area contributed by atoms with Crippen molar-refractivity contribution in [3.05, 3.63) is 48.0 Å². The van der Waals surface area contributed by atoms with Gasteiger partial charge in [0.05, 0.1) is 0 Å². The third kappa shape index (κ3) is 2.56. The van der Waals surface area contributed by atoms with E-state index in [9.17, 15) is 12.3 Å². The molecule has 3 nitrogen and oxygen atoms in total. The lowest BCUT2D eigenvalue weighted by Crippen LogP contribution is -2.18. The van der Waals surface area contributed by atoms with Gasteiger partial charge in [-0.1, -0.05) is 46.4 Å². The van der Waals surface area contributed by atoms with Gasteiger partial charge in [0.2, 0.25) is 0 Å². The topological polar surface area (TPSA) is 46.2 Å². The predicted octanol–water partition coefficient (Wildman–Crippen LogP) is 2.14. The Hall–Kier alpha value is -1.46. The van der Waals surface area contributed by atoms with Crippen LogP contribution in [0.4, 0.5) is 3.89 Å². The fourth-order valence-corrected chi connectivity index (χ4v) is 1.94. The quantitative estimate of drug-likeness (QED) is 0.834. The molecule has 0 aliphatic carbocycles. The Labute approximate surface area is 93.2 Å². The van der Waals surface area contributed by atoms with Gasteiger partial charge in [-0.3, -0.25) is 0 Å². The average molecular weight is 239 g/mol. The van der Waals surface area contributed by atoms with E-state index in [0.717, 1.165) is 16.3 Å². The van der Waals surface area contributed by atoms with Crippen LogP contribution in [-0.4, -0.2) is 8.42 Å². The zero-order chi connectivity index (χ0) is 11.6. The SMILES string of the molecule is O=S(=O)(F)NCc1cccc2ccccc12. The molecule has 0 heterocycles. The molecule has 0 saturated heterocycles. The standard InChI is InChI=1S/C11H10FNO2S/c12-16(14,15)13-8-10-6-3-5-9-4-1-2-7-11(9)10/h1-7,13H,8H2. The van der Waals surface area contributed by atoms with Crippen molar-refractivity contribution < 1.29 is 12.3 Å². The summed E-state index contributed by atoms with van der Waals surface area (Å²) in [4.78, 5) is 0. The molecule has 0 unspecified atom stereocenters. The molecule has 0 amide bonds. The van der Waals surface area contributed by atoms with Gasteiger partial charge in [0, 0.05) is 6.54 Å². The molecule has 0 fully saturated rings. The molecule has 0 aliphatic heterocycles. The van der Waals surface area contributed by atoms with Crippen molar-refractivity contribution in [2.45, 2.75) is 6.54 Å². The molecule has 16 heavy (non-hydrogen) atoms. The lowest BCUT2D eigenvalue weighted by atomic mass is 10.1. The minimum atomic E-state index is -4.64. The van der Waals surface area contributed by atoms with E-state index < -0.39 is 10.4 Å². The maximum absolute atomic E-state index is 12.3. The third-order valence-corrected chi connectivity index (χ3v) is 2.80. The zero-order valence-electron chi connectivity index (χ0n) is 8.35. The molecule has 84 valence electrons. The van der Waals surface area contributed by atoms with Crippen molar-refractivity contribution in [2.24, 2.45) is 0 Å². The van der Waals surface area contributed by atoms with Crippen molar-refractivity contribution >= 4 is 21.2 Å². The highest BCUT2D eigenvalue weighted by atomic mass is 32.3. The molecule has 5 heteroatoms. The van der Waals surface area contributed by atoms with Crippen LogP contribution in [0, 0.1) is 0 Å². The van der Waals surface area contributed by atoms with Crippen molar-refractivity contribution in [1.29, 1.82) is 0 Å². The Morgan fingerprint density at radius 3 is 2.50 bits per heavy atom. The van der Waals surface area contributed by atoms with E-state index in [1.54, 1.807) is 6.07 Å². The molecule has 0 aromatic heterocycles. The van der Waals surface area contributed by atoms with Crippen molar-refractivity contribution in [3.8, 4) is 0 Å². The maximum Gasteiger partial charge on any atom is 0.372 e. The fraction of sp³-hybridized carbons (Fsp3) is 0.0909. The molecule has 0 bridgehead atoms. The van der Waals surface area contributed by atoms with Crippen molar-refractivity contribution in [3.63, 3.8) is 0 Å². The number of nitrogens with one attached hydrogen (secondary N) is 1. The van der Waals surface area contributed by atoms with E-state index in [1.165, 1.54) is 0 Å². The van der Waals surface area contributed by atoms with Crippen LogP contribution in [-0.2, 0) is 17.0 Å². The van der Waals surface area contributed by atoms with E-state index in [-0.39, 0.29) is 6.54 Å². The lowest BCUT2D eigenvalue weighted by Gasteiger charge is -2.05. The largest absolute Gasteiger partial charge is 0.372 e. The average Bonchev–Trinajstić information content (AvgIpc) is 2.25. The maximum atomic E-state index is 12.3. The molecule has 1 N–H and O–H groups in total. The fourth-order valence-electron chi connectivity index (χ4n) is 1.61. The summed E-state index contributed by atoms with van der Waals surface area (Å²) in [5.41, 5.74) is 0.749. The van der Waals surface area contributed by atoms with Crippen LogP contribution in [0.3, 0.4) is 0 Å². The number of benzene rings is 2. The van der Waals surface area contributed by atoms with Crippen LogP contribution in [0.2, 0.25) is 0 Å². The summed E-state index contributed by atoms with van der Waals surface area (Å²) in [6.45, 7) is -0.0415. The Morgan fingerprint density at radius 2 is 1.75 bits per heavy atom. The second-order valence-corrected chi connectivity index (χ2v) is 4.56. The monoisotopic (exact) mass is 239 g/mol. The molecule has 0 aliphatic rings. The van der Waals surface area contributed by atoms with Crippen LogP contribution >= 0.6 is 0 Å². The van der Waals surface area contributed by atoms with E-state index >= 15 is 0 Å². The van der Waals surface area contributed by atoms with Gasteiger partial charge in [0.15, 0.2) is 0 Å². The van der Waals surface area contributed by atoms with Crippen LogP contribution in [0.1, 0.15) is 5.56 Å². The van der Waals surface area contributed by atoms with E-state index in [4.69, 9.17) is 0 Å². The molecule has 0 saturated carbocycles. The normalized spacial score (nSPS) is 11.8. The summed E-state index contributed by atoms with van der Waals surface area (Å²) in [7, 11) is -4.64. The summed E-state index contributed by atoms with van der Waals surface area (Å²) in [5.74, 6) is 0. The van der Waals surface area contributed by atoms with Gasteiger partial charge in [-0.2, -0.15) is 13.1 Å². The molecular weight excluding hydrogens is 229 g/mol. The van der Waals surface area contributed by atoms with Gasteiger partial charge < -0.3 is 0 Å². The van der Waals surface area contributed by atoms with Crippen LogP contribution < -0.4 is 4.72 Å². The smallest absolute Gasteiger partial charge is 0.184 e.